The topological polar surface area (TPSA) is 67.4 Å². The minimum absolute atomic E-state index is 0.238. The summed E-state index contributed by atoms with van der Waals surface area (Å²) in [5.74, 6) is 1.13. The molecule has 0 fully saturated rings. The molecule has 140 valence electrons. The van der Waals surface area contributed by atoms with Crippen molar-refractivity contribution in [1.82, 2.24) is 14.9 Å². The first kappa shape index (κ1) is 19.7. The molecule has 1 amide bonds. The maximum absolute atomic E-state index is 11.6. The second-order valence-corrected chi connectivity index (χ2v) is 6.82. The van der Waals surface area contributed by atoms with E-state index in [0.717, 1.165) is 13.0 Å². The van der Waals surface area contributed by atoms with Crippen LogP contribution in [0.3, 0.4) is 0 Å². The Kier molecular flexibility index (Phi) is 7.38. The molecule has 2 unspecified atom stereocenters. The molecule has 0 spiro atoms. The molecule has 0 radical (unpaired) electrons. The van der Waals surface area contributed by atoms with Gasteiger partial charge in [-0.25, -0.2) is 14.8 Å². The fourth-order valence-electron chi connectivity index (χ4n) is 2.87. The standard InChI is InChI=1S/C20H28N4O2/c1-15(14-26-20(25)24(3)4)12-17(18-9-6-5-8-16(18)2)13-23-19-21-10-7-11-22-19/h5-11,15,17H,12-14H2,1-4H3,(H,21,22,23). The van der Waals surface area contributed by atoms with Gasteiger partial charge in [0.05, 0.1) is 6.61 Å². The largest absolute Gasteiger partial charge is 0.449 e. The van der Waals surface area contributed by atoms with Crippen molar-refractivity contribution >= 4 is 12.0 Å². The summed E-state index contributed by atoms with van der Waals surface area (Å²) in [6, 6.07) is 10.2. The molecule has 2 rings (SSSR count). The van der Waals surface area contributed by atoms with Crippen LogP contribution in [-0.4, -0.2) is 48.2 Å². The van der Waals surface area contributed by atoms with Gasteiger partial charge in [0.15, 0.2) is 0 Å². The minimum atomic E-state index is -0.305. The van der Waals surface area contributed by atoms with E-state index >= 15 is 0 Å². The number of amides is 1. The number of hydrogen-bond acceptors (Lipinski definition) is 5. The first-order valence-corrected chi connectivity index (χ1v) is 8.88. The van der Waals surface area contributed by atoms with E-state index in [2.05, 4.69) is 47.3 Å². The fraction of sp³-hybridized carbons (Fsp3) is 0.450. The number of aromatic nitrogens is 2. The molecule has 2 aromatic rings. The molecule has 0 aliphatic carbocycles. The van der Waals surface area contributed by atoms with Crippen LogP contribution in [0.2, 0.25) is 0 Å². The van der Waals surface area contributed by atoms with Crippen LogP contribution < -0.4 is 5.32 Å². The Morgan fingerprint density at radius 3 is 2.54 bits per heavy atom. The van der Waals surface area contributed by atoms with Crippen molar-refractivity contribution in [3.63, 3.8) is 0 Å². The summed E-state index contributed by atoms with van der Waals surface area (Å²) in [6.45, 7) is 5.35. The van der Waals surface area contributed by atoms with Gasteiger partial charge in [-0.05, 0) is 36.5 Å². The number of carbonyl (C=O) groups is 1. The van der Waals surface area contributed by atoms with Crippen LogP contribution in [0, 0.1) is 12.8 Å². The Morgan fingerprint density at radius 1 is 1.19 bits per heavy atom. The maximum Gasteiger partial charge on any atom is 0.409 e. The third kappa shape index (κ3) is 6.02. The Morgan fingerprint density at radius 2 is 1.88 bits per heavy atom. The van der Waals surface area contributed by atoms with Crippen LogP contribution in [-0.2, 0) is 4.74 Å². The van der Waals surface area contributed by atoms with E-state index in [1.165, 1.54) is 16.0 Å². The highest BCUT2D eigenvalue weighted by molar-refractivity contribution is 5.66. The smallest absolute Gasteiger partial charge is 0.409 e. The summed E-state index contributed by atoms with van der Waals surface area (Å²) in [7, 11) is 3.37. The van der Waals surface area contributed by atoms with Crippen molar-refractivity contribution in [2.45, 2.75) is 26.2 Å². The summed E-state index contributed by atoms with van der Waals surface area (Å²) < 4.78 is 5.34. The number of hydrogen-bond donors (Lipinski definition) is 1. The number of nitrogens with zero attached hydrogens (tertiary/aromatic N) is 3. The Balaban J connectivity index is 2.03. The van der Waals surface area contributed by atoms with Gasteiger partial charge in [0.2, 0.25) is 5.95 Å². The number of rotatable bonds is 8. The van der Waals surface area contributed by atoms with Crippen LogP contribution in [0.4, 0.5) is 10.7 Å². The summed E-state index contributed by atoms with van der Waals surface area (Å²) in [6.07, 6.45) is 4.04. The Hall–Kier alpha value is -2.63. The molecule has 0 saturated heterocycles. The molecule has 0 aliphatic rings. The van der Waals surface area contributed by atoms with Crippen molar-refractivity contribution in [2.75, 3.05) is 32.6 Å². The number of anilines is 1. The SMILES string of the molecule is Cc1ccccc1C(CNc1ncccn1)CC(C)COC(=O)N(C)C. The average Bonchev–Trinajstić information content (AvgIpc) is 2.64. The van der Waals surface area contributed by atoms with Gasteiger partial charge in [-0.2, -0.15) is 0 Å². The molecule has 1 heterocycles. The second kappa shape index (κ2) is 9.75. The van der Waals surface area contributed by atoms with E-state index in [1.54, 1.807) is 32.6 Å². The van der Waals surface area contributed by atoms with Crippen LogP contribution >= 0.6 is 0 Å². The van der Waals surface area contributed by atoms with E-state index < -0.39 is 0 Å². The van der Waals surface area contributed by atoms with Gasteiger partial charge in [-0.3, -0.25) is 0 Å². The van der Waals surface area contributed by atoms with Gasteiger partial charge in [-0.15, -0.1) is 0 Å². The first-order valence-electron chi connectivity index (χ1n) is 8.88. The van der Waals surface area contributed by atoms with Crippen LogP contribution in [0.15, 0.2) is 42.7 Å². The van der Waals surface area contributed by atoms with Gasteiger partial charge in [0.25, 0.3) is 0 Å². The van der Waals surface area contributed by atoms with Crippen LogP contribution in [0.5, 0.6) is 0 Å². The van der Waals surface area contributed by atoms with E-state index in [1.807, 2.05) is 6.07 Å². The second-order valence-electron chi connectivity index (χ2n) is 6.82. The van der Waals surface area contributed by atoms with Crippen molar-refractivity contribution < 1.29 is 9.53 Å². The van der Waals surface area contributed by atoms with Gasteiger partial charge in [0.1, 0.15) is 0 Å². The number of aryl methyl sites for hydroxylation is 1. The van der Waals surface area contributed by atoms with Gasteiger partial charge >= 0.3 is 6.09 Å². The molecule has 1 aromatic heterocycles. The molecular weight excluding hydrogens is 328 g/mol. The number of ether oxygens (including phenoxy) is 1. The molecule has 0 saturated carbocycles. The lowest BCUT2D eigenvalue weighted by Gasteiger charge is -2.24. The maximum atomic E-state index is 11.6. The third-order valence-electron chi connectivity index (χ3n) is 4.24. The predicted octanol–water partition coefficient (Wildman–Crippen LogP) is 3.71. The summed E-state index contributed by atoms with van der Waals surface area (Å²) in [5, 5.41) is 3.32. The van der Waals surface area contributed by atoms with Crippen molar-refractivity contribution in [3.8, 4) is 0 Å². The van der Waals surface area contributed by atoms with E-state index in [0.29, 0.717) is 12.6 Å². The lowest BCUT2D eigenvalue weighted by Crippen LogP contribution is -2.26. The fourth-order valence-corrected chi connectivity index (χ4v) is 2.87. The highest BCUT2D eigenvalue weighted by Crippen LogP contribution is 2.27. The van der Waals surface area contributed by atoms with E-state index in [9.17, 15) is 4.79 Å². The number of carbonyl (C=O) groups excluding carboxylic acids is 1. The summed E-state index contributed by atoms with van der Waals surface area (Å²) >= 11 is 0. The average molecular weight is 356 g/mol. The Labute approximate surface area is 155 Å². The zero-order chi connectivity index (χ0) is 18.9. The van der Waals surface area contributed by atoms with Crippen LogP contribution in [0.1, 0.15) is 30.4 Å². The summed E-state index contributed by atoms with van der Waals surface area (Å²) in [5.41, 5.74) is 2.55. The molecule has 2 atom stereocenters. The molecular formula is C20H28N4O2. The highest BCUT2D eigenvalue weighted by atomic mass is 16.6. The number of nitrogens with one attached hydrogen (secondary N) is 1. The van der Waals surface area contributed by atoms with Crippen LogP contribution in [0.25, 0.3) is 0 Å². The van der Waals surface area contributed by atoms with Gasteiger partial charge < -0.3 is 15.0 Å². The highest BCUT2D eigenvalue weighted by Gasteiger charge is 2.19. The van der Waals surface area contributed by atoms with Crippen molar-refractivity contribution in [1.29, 1.82) is 0 Å². The normalized spacial score (nSPS) is 12.9. The van der Waals surface area contributed by atoms with Gasteiger partial charge in [-0.1, -0.05) is 31.2 Å². The molecule has 6 heteroatoms. The zero-order valence-corrected chi connectivity index (χ0v) is 16.0. The minimum Gasteiger partial charge on any atom is -0.449 e. The molecule has 1 N–H and O–H groups in total. The monoisotopic (exact) mass is 356 g/mol. The molecule has 1 aromatic carbocycles. The third-order valence-corrected chi connectivity index (χ3v) is 4.24. The van der Waals surface area contributed by atoms with Crippen molar-refractivity contribution in [2.24, 2.45) is 5.92 Å². The molecule has 0 aliphatic heterocycles. The summed E-state index contributed by atoms with van der Waals surface area (Å²) in [4.78, 5) is 21.5. The lowest BCUT2D eigenvalue weighted by atomic mass is 9.87. The quantitative estimate of drug-likeness (QED) is 0.781. The van der Waals surface area contributed by atoms with E-state index in [-0.39, 0.29) is 17.9 Å². The lowest BCUT2D eigenvalue weighted by molar-refractivity contribution is 0.101. The zero-order valence-electron chi connectivity index (χ0n) is 16.0. The molecule has 0 bridgehead atoms. The number of benzene rings is 1. The Bertz CT molecular complexity index is 691. The van der Waals surface area contributed by atoms with Gasteiger partial charge in [0, 0.05) is 39.0 Å². The van der Waals surface area contributed by atoms with Crippen molar-refractivity contribution in [3.05, 3.63) is 53.9 Å². The first-order chi connectivity index (χ1) is 12.5. The molecule has 26 heavy (non-hydrogen) atoms. The van der Waals surface area contributed by atoms with E-state index in [4.69, 9.17) is 4.74 Å². The predicted molar refractivity (Wildman–Crippen MR) is 103 cm³/mol. The molecule has 6 nitrogen and oxygen atoms in total.